The highest BCUT2D eigenvalue weighted by Crippen LogP contribution is 2.44. The molecule has 6 nitrogen and oxygen atoms in total. The maximum Gasteiger partial charge on any atom is 0.310 e. The van der Waals surface area contributed by atoms with Crippen molar-refractivity contribution in [3.8, 4) is 0 Å². The first-order valence-electron chi connectivity index (χ1n) is 7.03. The van der Waals surface area contributed by atoms with Crippen LogP contribution in [-0.2, 0) is 19.4 Å². The molecule has 1 heterocycles. The Kier molecular flexibility index (Phi) is 4.09. The predicted octanol–water partition coefficient (Wildman–Crippen LogP) is 0.667. The van der Waals surface area contributed by atoms with E-state index in [4.69, 9.17) is 0 Å². The molecule has 2 fully saturated rings. The molecule has 1 saturated heterocycles. The summed E-state index contributed by atoms with van der Waals surface area (Å²) in [5, 5.41) is 9.27. The third-order valence-electron chi connectivity index (χ3n) is 4.56. The summed E-state index contributed by atoms with van der Waals surface area (Å²) in [5.74, 6) is -1.01. The van der Waals surface area contributed by atoms with Crippen LogP contribution >= 0.6 is 0 Å². The Balaban J connectivity index is 2.05. The number of hydrogen-bond acceptors (Lipinski definition) is 4. The van der Waals surface area contributed by atoms with E-state index in [1.807, 2.05) is 0 Å². The van der Waals surface area contributed by atoms with Gasteiger partial charge in [0.15, 0.2) is 9.84 Å². The molecular formula is C13H21NO5S. The van der Waals surface area contributed by atoms with E-state index in [0.717, 1.165) is 6.42 Å². The first-order valence-corrected chi connectivity index (χ1v) is 8.85. The monoisotopic (exact) mass is 303 g/mol. The standard InChI is InChI=1S/C13H21NO5S/c1-2-14(10-4-7-20(18,19)9-10)11(15)8-13(12(16)17)5-3-6-13/h10H,2-9H2,1H3,(H,16,17). The molecule has 1 aliphatic carbocycles. The Morgan fingerprint density at radius 2 is 2.00 bits per heavy atom. The fraction of sp³-hybridized carbons (Fsp3) is 0.846. The second-order valence-electron chi connectivity index (χ2n) is 5.85. The molecule has 0 bridgehead atoms. The highest BCUT2D eigenvalue weighted by molar-refractivity contribution is 7.91. The van der Waals surface area contributed by atoms with Gasteiger partial charge < -0.3 is 10.0 Å². The first kappa shape index (κ1) is 15.3. The molecule has 7 heteroatoms. The molecule has 1 saturated carbocycles. The van der Waals surface area contributed by atoms with Gasteiger partial charge in [0.1, 0.15) is 0 Å². The van der Waals surface area contributed by atoms with Gasteiger partial charge in [0.2, 0.25) is 5.91 Å². The van der Waals surface area contributed by atoms with Crippen LogP contribution in [0.5, 0.6) is 0 Å². The average Bonchev–Trinajstić information content (AvgIpc) is 2.64. The van der Waals surface area contributed by atoms with Crippen LogP contribution in [0.25, 0.3) is 0 Å². The Bertz CT molecular complexity index is 509. The summed E-state index contributed by atoms with van der Waals surface area (Å²) in [6.07, 6.45) is 2.36. The van der Waals surface area contributed by atoms with E-state index < -0.39 is 21.2 Å². The van der Waals surface area contributed by atoms with Gasteiger partial charge in [-0.15, -0.1) is 0 Å². The molecule has 0 radical (unpaired) electrons. The van der Waals surface area contributed by atoms with Gasteiger partial charge in [0.05, 0.1) is 16.9 Å². The summed E-state index contributed by atoms with van der Waals surface area (Å²) in [5.41, 5.74) is -0.915. The van der Waals surface area contributed by atoms with E-state index in [0.29, 0.717) is 25.8 Å². The Hall–Kier alpha value is -1.11. The molecule has 0 aromatic heterocycles. The van der Waals surface area contributed by atoms with Crippen molar-refractivity contribution >= 4 is 21.7 Å². The maximum atomic E-state index is 12.4. The Labute approximate surface area is 119 Å². The summed E-state index contributed by atoms with van der Waals surface area (Å²) < 4.78 is 23.0. The van der Waals surface area contributed by atoms with Crippen molar-refractivity contribution in [3.63, 3.8) is 0 Å². The van der Waals surface area contributed by atoms with Gasteiger partial charge in [0.25, 0.3) is 0 Å². The van der Waals surface area contributed by atoms with Crippen molar-refractivity contribution in [1.29, 1.82) is 0 Å². The molecule has 0 aromatic carbocycles. The molecule has 1 aliphatic heterocycles. The van der Waals surface area contributed by atoms with Gasteiger partial charge in [-0.05, 0) is 26.2 Å². The molecule has 1 unspecified atom stereocenters. The molecule has 0 spiro atoms. The van der Waals surface area contributed by atoms with Crippen LogP contribution in [0.3, 0.4) is 0 Å². The van der Waals surface area contributed by atoms with Gasteiger partial charge in [-0.25, -0.2) is 8.42 Å². The van der Waals surface area contributed by atoms with Crippen molar-refractivity contribution in [2.45, 2.75) is 45.1 Å². The van der Waals surface area contributed by atoms with Crippen molar-refractivity contribution in [3.05, 3.63) is 0 Å². The minimum atomic E-state index is -3.05. The maximum absolute atomic E-state index is 12.4. The van der Waals surface area contributed by atoms with E-state index in [9.17, 15) is 23.1 Å². The average molecular weight is 303 g/mol. The molecule has 2 aliphatic rings. The summed E-state index contributed by atoms with van der Waals surface area (Å²) in [7, 11) is -3.05. The number of rotatable bonds is 5. The van der Waals surface area contributed by atoms with Gasteiger partial charge in [-0.2, -0.15) is 0 Å². The number of carbonyl (C=O) groups is 2. The second kappa shape index (κ2) is 5.35. The molecular weight excluding hydrogens is 282 g/mol. The van der Waals surface area contributed by atoms with Gasteiger partial charge in [-0.1, -0.05) is 6.42 Å². The smallest absolute Gasteiger partial charge is 0.310 e. The SMILES string of the molecule is CCN(C(=O)CC1(C(=O)O)CCC1)C1CCS(=O)(=O)C1. The van der Waals surface area contributed by atoms with Crippen LogP contribution in [-0.4, -0.2) is 54.4 Å². The number of nitrogens with zero attached hydrogens (tertiary/aromatic N) is 1. The minimum Gasteiger partial charge on any atom is -0.481 e. The molecule has 1 atom stereocenters. The summed E-state index contributed by atoms with van der Waals surface area (Å²) in [6.45, 7) is 2.23. The Morgan fingerprint density at radius 1 is 1.35 bits per heavy atom. The van der Waals surface area contributed by atoms with Crippen molar-refractivity contribution < 1.29 is 23.1 Å². The van der Waals surface area contributed by atoms with Gasteiger partial charge in [0, 0.05) is 19.0 Å². The number of amides is 1. The normalized spacial score (nSPS) is 26.8. The van der Waals surface area contributed by atoms with E-state index in [1.54, 1.807) is 11.8 Å². The number of hydrogen-bond donors (Lipinski definition) is 1. The van der Waals surface area contributed by atoms with E-state index in [-0.39, 0.29) is 29.9 Å². The number of carbonyl (C=O) groups excluding carboxylic acids is 1. The van der Waals surface area contributed by atoms with Crippen LogP contribution in [0.2, 0.25) is 0 Å². The molecule has 1 amide bonds. The van der Waals surface area contributed by atoms with Crippen LogP contribution in [0.15, 0.2) is 0 Å². The lowest BCUT2D eigenvalue weighted by molar-refractivity contribution is -0.160. The highest BCUT2D eigenvalue weighted by atomic mass is 32.2. The number of sulfone groups is 1. The number of carboxylic acids is 1. The fourth-order valence-corrected chi connectivity index (χ4v) is 4.85. The lowest BCUT2D eigenvalue weighted by Gasteiger charge is -2.39. The minimum absolute atomic E-state index is 0.00660. The fourth-order valence-electron chi connectivity index (χ4n) is 3.12. The quantitative estimate of drug-likeness (QED) is 0.806. The summed E-state index contributed by atoms with van der Waals surface area (Å²) in [4.78, 5) is 25.2. The lowest BCUT2D eigenvalue weighted by atomic mass is 9.66. The topological polar surface area (TPSA) is 91.8 Å². The van der Waals surface area contributed by atoms with Gasteiger partial charge in [-0.3, -0.25) is 9.59 Å². The first-order chi connectivity index (χ1) is 9.30. The molecule has 2 rings (SSSR count). The van der Waals surface area contributed by atoms with E-state index in [2.05, 4.69) is 0 Å². The van der Waals surface area contributed by atoms with E-state index in [1.165, 1.54) is 0 Å². The van der Waals surface area contributed by atoms with Crippen LogP contribution in [0, 0.1) is 5.41 Å². The zero-order chi connectivity index (χ0) is 15.0. The van der Waals surface area contributed by atoms with Crippen LogP contribution in [0.1, 0.15) is 39.0 Å². The van der Waals surface area contributed by atoms with Crippen LogP contribution in [0.4, 0.5) is 0 Å². The van der Waals surface area contributed by atoms with E-state index >= 15 is 0 Å². The predicted molar refractivity (Wildman–Crippen MR) is 73.0 cm³/mol. The van der Waals surface area contributed by atoms with Crippen molar-refractivity contribution in [2.24, 2.45) is 5.41 Å². The zero-order valence-corrected chi connectivity index (χ0v) is 12.5. The largest absolute Gasteiger partial charge is 0.481 e. The second-order valence-corrected chi connectivity index (χ2v) is 8.08. The zero-order valence-electron chi connectivity index (χ0n) is 11.7. The third-order valence-corrected chi connectivity index (χ3v) is 6.31. The molecule has 20 heavy (non-hydrogen) atoms. The molecule has 0 aromatic rings. The van der Waals surface area contributed by atoms with Crippen LogP contribution < -0.4 is 0 Å². The highest BCUT2D eigenvalue weighted by Gasteiger charge is 2.47. The molecule has 1 N–H and O–H groups in total. The number of carboxylic acid groups (broad SMARTS) is 1. The van der Waals surface area contributed by atoms with Crippen molar-refractivity contribution in [2.75, 3.05) is 18.1 Å². The Morgan fingerprint density at radius 3 is 2.35 bits per heavy atom. The summed E-state index contributed by atoms with van der Waals surface area (Å²) >= 11 is 0. The number of aliphatic carboxylic acids is 1. The lowest BCUT2D eigenvalue weighted by Crippen LogP contribution is -2.47. The molecule has 114 valence electrons. The summed E-state index contributed by atoms with van der Waals surface area (Å²) in [6, 6.07) is -0.288. The third kappa shape index (κ3) is 2.82. The van der Waals surface area contributed by atoms with Gasteiger partial charge >= 0.3 is 5.97 Å². The van der Waals surface area contributed by atoms with Crippen molar-refractivity contribution in [1.82, 2.24) is 4.90 Å².